The molecule has 0 saturated heterocycles. The highest BCUT2D eigenvalue weighted by atomic mass is 35.5. The second-order valence-electron chi connectivity index (χ2n) is 5.20. The number of amides is 2. The first-order chi connectivity index (χ1) is 12.7. The summed E-state index contributed by atoms with van der Waals surface area (Å²) in [6, 6.07) is 6.75. The Kier molecular flexibility index (Phi) is 7.29. The van der Waals surface area contributed by atoms with Crippen molar-refractivity contribution in [2.75, 3.05) is 18.2 Å². The SMILES string of the molecule is CSc1cc(C(=O)Nc2cc(C(N)=O)ccc2OCC(F)F)c(Cl)cc1Cl. The maximum absolute atomic E-state index is 12.6. The molecule has 3 N–H and O–H groups in total. The summed E-state index contributed by atoms with van der Waals surface area (Å²) < 4.78 is 29.9. The number of rotatable bonds is 7. The molecule has 0 bridgehead atoms. The second kappa shape index (κ2) is 9.25. The molecule has 0 aliphatic rings. The van der Waals surface area contributed by atoms with E-state index in [4.69, 9.17) is 33.7 Å². The molecular formula is C17H14Cl2F2N2O3S. The van der Waals surface area contributed by atoms with Gasteiger partial charge in [-0.3, -0.25) is 9.59 Å². The van der Waals surface area contributed by atoms with Gasteiger partial charge < -0.3 is 15.8 Å². The highest BCUT2D eigenvalue weighted by Gasteiger charge is 2.18. The number of carbonyl (C=O) groups is 2. The van der Waals surface area contributed by atoms with Crippen LogP contribution in [0.1, 0.15) is 20.7 Å². The average Bonchev–Trinajstić information content (AvgIpc) is 2.60. The van der Waals surface area contributed by atoms with Crippen LogP contribution in [0.5, 0.6) is 5.75 Å². The molecule has 0 heterocycles. The summed E-state index contributed by atoms with van der Waals surface area (Å²) in [5.41, 5.74) is 5.42. The molecule has 0 fully saturated rings. The van der Waals surface area contributed by atoms with Gasteiger partial charge in [-0.25, -0.2) is 8.78 Å². The predicted octanol–water partition coefficient (Wildman–Crippen LogP) is 4.71. The van der Waals surface area contributed by atoms with Crippen molar-refractivity contribution in [1.29, 1.82) is 0 Å². The molecule has 10 heteroatoms. The number of carbonyl (C=O) groups excluding carboxylic acids is 2. The summed E-state index contributed by atoms with van der Waals surface area (Å²) in [7, 11) is 0. The van der Waals surface area contributed by atoms with Gasteiger partial charge in [-0.15, -0.1) is 11.8 Å². The van der Waals surface area contributed by atoms with E-state index in [1.807, 2.05) is 0 Å². The van der Waals surface area contributed by atoms with E-state index in [-0.39, 0.29) is 27.6 Å². The summed E-state index contributed by atoms with van der Waals surface area (Å²) in [6.07, 6.45) is -0.928. The Balaban J connectivity index is 2.38. The number of nitrogens with two attached hydrogens (primary N) is 1. The topological polar surface area (TPSA) is 81.4 Å². The molecule has 2 rings (SSSR count). The van der Waals surface area contributed by atoms with E-state index in [0.29, 0.717) is 9.92 Å². The fourth-order valence-corrected chi connectivity index (χ4v) is 3.30. The minimum absolute atomic E-state index is 0.00803. The molecule has 0 unspecified atom stereocenters. The highest BCUT2D eigenvalue weighted by molar-refractivity contribution is 7.98. The zero-order valence-electron chi connectivity index (χ0n) is 13.9. The molecule has 0 saturated carbocycles. The van der Waals surface area contributed by atoms with Crippen LogP contribution < -0.4 is 15.8 Å². The Morgan fingerprint density at radius 1 is 1.22 bits per heavy atom. The van der Waals surface area contributed by atoms with Crippen LogP contribution in [0, 0.1) is 0 Å². The molecule has 2 amide bonds. The van der Waals surface area contributed by atoms with Crippen molar-refractivity contribution in [3.05, 3.63) is 51.5 Å². The number of thioether (sulfide) groups is 1. The van der Waals surface area contributed by atoms with Crippen LogP contribution in [-0.4, -0.2) is 31.1 Å². The molecule has 0 radical (unpaired) electrons. The van der Waals surface area contributed by atoms with Crippen LogP contribution >= 0.6 is 35.0 Å². The van der Waals surface area contributed by atoms with Gasteiger partial charge in [-0.1, -0.05) is 23.2 Å². The van der Waals surface area contributed by atoms with Crippen LogP contribution in [0.15, 0.2) is 35.2 Å². The van der Waals surface area contributed by atoms with E-state index < -0.39 is 24.8 Å². The van der Waals surface area contributed by atoms with Gasteiger partial charge in [0.05, 0.1) is 21.3 Å². The lowest BCUT2D eigenvalue weighted by atomic mass is 10.1. The normalized spacial score (nSPS) is 10.7. The Morgan fingerprint density at radius 2 is 1.93 bits per heavy atom. The minimum Gasteiger partial charge on any atom is -0.485 e. The van der Waals surface area contributed by atoms with Crippen LogP contribution in [-0.2, 0) is 0 Å². The number of benzene rings is 2. The molecule has 2 aromatic carbocycles. The lowest BCUT2D eigenvalue weighted by molar-refractivity contribution is 0.0821. The van der Waals surface area contributed by atoms with Crippen molar-refractivity contribution in [3.63, 3.8) is 0 Å². The molecule has 144 valence electrons. The Hall–Kier alpha value is -2.03. The van der Waals surface area contributed by atoms with E-state index in [9.17, 15) is 18.4 Å². The summed E-state index contributed by atoms with van der Waals surface area (Å²) in [5.74, 6) is -1.42. The average molecular weight is 435 g/mol. The van der Waals surface area contributed by atoms with Crippen molar-refractivity contribution in [2.45, 2.75) is 11.3 Å². The van der Waals surface area contributed by atoms with Gasteiger partial charge in [0.2, 0.25) is 5.91 Å². The van der Waals surface area contributed by atoms with Gasteiger partial charge in [0.1, 0.15) is 12.4 Å². The number of hydrogen-bond donors (Lipinski definition) is 2. The lowest BCUT2D eigenvalue weighted by Crippen LogP contribution is -2.17. The van der Waals surface area contributed by atoms with E-state index in [2.05, 4.69) is 5.32 Å². The monoisotopic (exact) mass is 434 g/mol. The molecule has 0 aliphatic carbocycles. The molecule has 0 aromatic heterocycles. The third-order valence-corrected chi connectivity index (χ3v) is 4.88. The number of ether oxygens (including phenoxy) is 1. The van der Waals surface area contributed by atoms with Crippen molar-refractivity contribution in [1.82, 2.24) is 0 Å². The first-order valence-electron chi connectivity index (χ1n) is 7.42. The number of anilines is 1. The van der Waals surface area contributed by atoms with E-state index in [1.54, 1.807) is 6.26 Å². The molecule has 0 atom stereocenters. The largest absolute Gasteiger partial charge is 0.485 e. The van der Waals surface area contributed by atoms with Gasteiger partial charge in [-0.05, 0) is 36.6 Å². The first kappa shape index (κ1) is 21.3. The van der Waals surface area contributed by atoms with Crippen LogP contribution in [0.4, 0.5) is 14.5 Å². The third-order valence-electron chi connectivity index (χ3n) is 3.36. The number of alkyl halides is 2. The maximum atomic E-state index is 12.6. The van der Waals surface area contributed by atoms with Crippen molar-refractivity contribution >= 4 is 52.5 Å². The molecule has 27 heavy (non-hydrogen) atoms. The summed E-state index contributed by atoms with van der Waals surface area (Å²) in [4.78, 5) is 24.6. The fraction of sp³-hybridized carbons (Fsp3) is 0.176. The number of primary amides is 1. The molecule has 5 nitrogen and oxygen atoms in total. The number of nitrogens with one attached hydrogen (secondary N) is 1. The maximum Gasteiger partial charge on any atom is 0.272 e. The van der Waals surface area contributed by atoms with Crippen LogP contribution in [0.25, 0.3) is 0 Å². The van der Waals surface area contributed by atoms with Crippen LogP contribution in [0.3, 0.4) is 0 Å². The van der Waals surface area contributed by atoms with Gasteiger partial charge >= 0.3 is 0 Å². The van der Waals surface area contributed by atoms with Crippen molar-refractivity contribution in [2.24, 2.45) is 5.73 Å². The standard InChI is InChI=1S/C17H14Cl2F2N2O3S/c1-27-14-5-9(10(18)6-11(14)19)17(25)23-12-4-8(16(22)24)2-3-13(12)26-7-15(20)21/h2-6,15H,7H2,1H3,(H2,22,24)(H,23,25). The smallest absolute Gasteiger partial charge is 0.272 e. The predicted molar refractivity (Wildman–Crippen MR) is 103 cm³/mol. The highest BCUT2D eigenvalue weighted by Crippen LogP contribution is 2.33. The van der Waals surface area contributed by atoms with Crippen LogP contribution in [0.2, 0.25) is 10.0 Å². The van der Waals surface area contributed by atoms with Gasteiger partial charge in [0, 0.05) is 10.5 Å². The lowest BCUT2D eigenvalue weighted by Gasteiger charge is -2.14. The van der Waals surface area contributed by atoms with Crippen molar-refractivity contribution < 1.29 is 23.1 Å². The zero-order valence-corrected chi connectivity index (χ0v) is 16.2. The van der Waals surface area contributed by atoms with E-state index >= 15 is 0 Å². The zero-order chi connectivity index (χ0) is 20.1. The third kappa shape index (κ3) is 5.47. The quantitative estimate of drug-likeness (QED) is 0.618. The Morgan fingerprint density at radius 3 is 2.52 bits per heavy atom. The minimum atomic E-state index is -2.71. The molecule has 0 aliphatic heterocycles. The summed E-state index contributed by atoms with van der Waals surface area (Å²) in [5, 5.41) is 3.00. The van der Waals surface area contributed by atoms with Gasteiger partial charge in [0.15, 0.2) is 0 Å². The molecular weight excluding hydrogens is 421 g/mol. The first-order valence-corrected chi connectivity index (χ1v) is 9.40. The molecule has 2 aromatic rings. The Bertz CT molecular complexity index is 881. The summed E-state index contributed by atoms with van der Waals surface area (Å²) >= 11 is 13.4. The van der Waals surface area contributed by atoms with E-state index in [1.165, 1.54) is 42.1 Å². The number of hydrogen-bond acceptors (Lipinski definition) is 4. The Labute approximate surface area is 168 Å². The van der Waals surface area contributed by atoms with Gasteiger partial charge in [0.25, 0.3) is 12.3 Å². The molecule has 0 spiro atoms. The van der Waals surface area contributed by atoms with E-state index in [0.717, 1.165) is 0 Å². The summed E-state index contributed by atoms with van der Waals surface area (Å²) in [6.45, 7) is -0.878. The van der Waals surface area contributed by atoms with Gasteiger partial charge in [-0.2, -0.15) is 0 Å². The van der Waals surface area contributed by atoms with Crippen molar-refractivity contribution in [3.8, 4) is 5.75 Å². The number of halogens is 4. The fourth-order valence-electron chi connectivity index (χ4n) is 2.11. The second-order valence-corrected chi connectivity index (χ2v) is 6.86.